The van der Waals surface area contributed by atoms with Crippen molar-refractivity contribution in [1.82, 2.24) is 4.90 Å². The first-order valence-corrected chi connectivity index (χ1v) is 2.07. The summed E-state index contributed by atoms with van der Waals surface area (Å²) in [7, 11) is 1.42. The van der Waals surface area contributed by atoms with Crippen LogP contribution in [-0.4, -0.2) is 29.4 Å². The largest absolute Gasteiger partial charge is 0.365 e. The average Bonchev–Trinajstić information content (AvgIpc) is 1.98. The number of carbonyl (C=O) groups is 1. The molecule has 0 bridgehead atoms. The molecule has 0 radical (unpaired) electrons. The Kier molecular flexibility index (Phi) is 0.980. The van der Waals surface area contributed by atoms with Gasteiger partial charge in [-0.2, -0.15) is 0 Å². The Bertz CT molecular complexity index is 143. The molecule has 5 nitrogen and oxygen atoms in total. The minimum Gasteiger partial charge on any atom is -0.354 e. The van der Waals surface area contributed by atoms with Crippen LogP contribution in [0, 0.1) is 0 Å². The number of rotatable bonds is 0. The lowest BCUT2D eigenvalue weighted by Crippen LogP contribution is -2.27. The third-order valence-corrected chi connectivity index (χ3v) is 0.895. The Morgan fingerprint density at radius 1 is 1.88 bits per heavy atom. The summed E-state index contributed by atoms with van der Waals surface area (Å²) in [5.74, 6) is 0. The van der Waals surface area contributed by atoms with Crippen molar-refractivity contribution < 1.29 is 9.90 Å². The summed E-state index contributed by atoms with van der Waals surface area (Å²) in [6.07, 6.45) is -1.07. The maximum absolute atomic E-state index is 10.3. The molecule has 44 valence electrons. The molecule has 2 amide bonds. The third-order valence-electron chi connectivity index (χ3n) is 0.895. The lowest BCUT2D eigenvalue weighted by atomic mass is 10.8. The molecule has 1 aliphatic rings. The van der Waals surface area contributed by atoms with Crippen molar-refractivity contribution in [1.29, 1.82) is 0 Å². The van der Waals surface area contributed by atoms with Gasteiger partial charge in [0.25, 0.3) is 0 Å². The fourth-order valence-electron chi connectivity index (χ4n) is 0.348. The molecular weight excluding hydrogens is 110 g/mol. The van der Waals surface area contributed by atoms with Crippen LogP contribution in [0.5, 0.6) is 0 Å². The predicted octanol–water partition coefficient (Wildman–Crippen LogP) is -0.220. The molecule has 0 saturated carbocycles. The molecule has 0 aliphatic carbocycles. The first-order chi connectivity index (χ1) is 3.72. The van der Waals surface area contributed by atoms with Gasteiger partial charge in [-0.05, 0) is 0 Å². The Morgan fingerprint density at radius 3 is 2.62 bits per heavy atom. The Labute approximate surface area is 45.6 Å². The molecule has 1 heterocycles. The van der Waals surface area contributed by atoms with Crippen molar-refractivity contribution in [2.45, 2.75) is 6.35 Å². The van der Waals surface area contributed by atoms with Crippen LogP contribution in [0.4, 0.5) is 4.79 Å². The topological polar surface area (TPSA) is 65.3 Å². The zero-order chi connectivity index (χ0) is 6.15. The van der Waals surface area contributed by atoms with E-state index in [4.69, 9.17) is 5.11 Å². The monoisotopic (exact) mass is 115 g/mol. The number of aliphatic hydroxyl groups excluding tert-OH is 1. The number of azo groups is 1. The fraction of sp³-hybridized carbons (Fsp3) is 0.667. The van der Waals surface area contributed by atoms with E-state index in [0.29, 0.717) is 0 Å². The smallest absolute Gasteiger partial charge is 0.354 e. The lowest BCUT2D eigenvalue weighted by Gasteiger charge is -2.07. The zero-order valence-corrected chi connectivity index (χ0v) is 4.27. The summed E-state index contributed by atoms with van der Waals surface area (Å²) in [4.78, 5) is 11.3. The van der Waals surface area contributed by atoms with Crippen molar-refractivity contribution >= 4 is 6.03 Å². The van der Waals surface area contributed by atoms with Crippen LogP contribution >= 0.6 is 0 Å². The maximum Gasteiger partial charge on any atom is 0.365 e. The van der Waals surface area contributed by atoms with E-state index >= 15 is 0 Å². The summed E-state index contributed by atoms with van der Waals surface area (Å²) < 4.78 is 0. The van der Waals surface area contributed by atoms with Crippen molar-refractivity contribution in [3.05, 3.63) is 0 Å². The van der Waals surface area contributed by atoms with Gasteiger partial charge in [0.1, 0.15) is 0 Å². The minimum absolute atomic E-state index is 0.502. The second kappa shape index (κ2) is 1.52. The molecule has 0 spiro atoms. The summed E-state index contributed by atoms with van der Waals surface area (Å²) >= 11 is 0. The number of hydrogen-bond donors (Lipinski definition) is 1. The molecule has 8 heavy (non-hydrogen) atoms. The Hall–Kier alpha value is -0.970. The molecule has 5 heteroatoms. The van der Waals surface area contributed by atoms with E-state index in [1.165, 1.54) is 7.05 Å². The summed E-state index contributed by atoms with van der Waals surface area (Å²) in [5, 5.41) is 14.8. The molecule has 1 rings (SSSR count). The molecule has 0 fully saturated rings. The van der Waals surface area contributed by atoms with Gasteiger partial charge in [0.15, 0.2) is 0 Å². The highest BCUT2D eigenvalue weighted by Gasteiger charge is 2.21. The van der Waals surface area contributed by atoms with Crippen molar-refractivity contribution in [3.8, 4) is 0 Å². The van der Waals surface area contributed by atoms with Gasteiger partial charge in [-0.3, -0.25) is 4.90 Å². The highest BCUT2D eigenvalue weighted by Crippen LogP contribution is 2.05. The van der Waals surface area contributed by atoms with Gasteiger partial charge in [-0.25, -0.2) is 4.79 Å². The van der Waals surface area contributed by atoms with Crippen molar-refractivity contribution in [2.75, 3.05) is 7.05 Å². The summed E-state index contributed by atoms with van der Waals surface area (Å²) in [6.45, 7) is 0. The SMILES string of the molecule is CN1C(=O)N=NC1O. The molecule has 1 unspecified atom stereocenters. The Morgan fingerprint density at radius 2 is 2.50 bits per heavy atom. The van der Waals surface area contributed by atoms with Crippen LogP contribution in [0.3, 0.4) is 0 Å². The predicted molar refractivity (Wildman–Crippen MR) is 24.0 cm³/mol. The van der Waals surface area contributed by atoms with Crippen LogP contribution in [0.2, 0.25) is 0 Å². The molecule has 1 aliphatic heterocycles. The van der Waals surface area contributed by atoms with E-state index in [0.717, 1.165) is 4.90 Å². The van der Waals surface area contributed by atoms with Crippen LogP contribution in [0.15, 0.2) is 10.2 Å². The lowest BCUT2D eigenvalue weighted by molar-refractivity contribution is 0.0713. The number of nitrogens with zero attached hydrogens (tertiary/aromatic N) is 3. The van der Waals surface area contributed by atoms with Crippen molar-refractivity contribution in [3.63, 3.8) is 0 Å². The highest BCUT2D eigenvalue weighted by atomic mass is 16.3. The number of aliphatic hydroxyl groups is 1. The molecule has 1 atom stereocenters. The first-order valence-electron chi connectivity index (χ1n) is 2.07. The first kappa shape index (κ1) is 5.17. The molecule has 1 N–H and O–H groups in total. The van der Waals surface area contributed by atoms with E-state index in [1.54, 1.807) is 0 Å². The van der Waals surface area contributed by atoms with E-state index in [-0.39, 0.29) is 0 Å². The highest BCUT2D eigenvalue weighted by molar-refractivity contribution is 5.75. The minimum atomic E-state index is -1.07. The average molecular weight is 115 g/mol. The molecule has 0 aromatic carbocycles. The summed E-state index contributed by atoms with van der Waals surface area (Å²) in [5.41, 5.74) is 0. The fourth-order valence-corrected chi connectivity index (χ4v) is 0.348. The maximum atomic E-state index is 10.3. The van der Waals surface area contributed by atoms with E-state index in [2.05, 4.69) is 10.2 Å². The Balaban J connectivity index is 2.69. The van der Waals surface area contributed by atoms with Gasteiger partial charge >= 0.3 is 6.03 Å². The molecule has 0 aromatic rings. The second-order valence-corrected chi connectivity index (χ2v) is 1.46. The molecule has 0 saturated heterocycles. The number of amides is 2. The van der Waals surface area contributed by atoms with Gasteiger partial charge in [-0.15, -0.1) is 5.11 Å². The molecular formula is C3H5N3O2. The van der Waals surface area contributed by atoms with Crippen LogP contribution in [-0.2, 0) is 0 Å². The van der Waals surface area contributed by atoms with E-state index < -0.39 is 12.4 Å². The second-order valence-electron chi connectivity index (χ2n) is 1.46. The van der Waals surface area contributed by atoms with Gasteiger partial charge in [-0.1, -0.05) is 5.11 Å². The van der Waals surface area contributed by atoms with Crippen LogP contribution < -0.4 is 0 Å². The van der Waals surface area contributed by atoms with Gasteiger partial charge in [0.05, 0.1) is 0 Å². The van der Waals surface area contributed by atoms with Crippen molar-refractivity contribution in [2.24, 2.45) is 10.2 Å². The quantitative estimate of drug-likeness (QED) is 0.474. The van der Waals surface area contributed by atoms with E-state index in [1.807, 2.05) is 0 Å². The molecule has 0 aromatic heterocycles. The van der Waals surface area contributed by atoms with Gasteiger partial charge in [0, 0.05) is 7.05 Å². The standard InChI is InChI=1S/C3H5N3O2/c1-6-2(7)4-5-3(6)8/h2,7H,1H3. The number of urea groups is 1. The third kappa shape index (κ3) is 0.564. The number of hydrogen-bond acceptors (Lipinski definition) is 3. The van der Waals surface area contributed by atoms with Crippen LogP contribution in [0.1, 0.15) is 0 Å². The normalized spacial score (nSPS) is 27.5. The van der Waals surface area contributed by atoms with Crippen LogP contribution in [0.25, 0.3) is 0 Å². The van der Waals surface area contributed by atoms with Gasteiger partial charge in [0.2, 0.25) is 6.35 Å². The zero-order valence-electron chi connectivity index (χ0n) is 4.27. The summed E-state index contributed by atoms with van der Waals surface area (Å²) in [6, 6.07) is -0.502. The van der Waals surface area contributed by atoms with Gasteiger partial charge < -0.3 is 5.11 Å². The number of carbonyl (C=O) groups excluding carboxylic acids is 1. The van der Waals surface area contributed by atoms with E-state index in [9.17, 15) is 4.79 Å².